The molecule has 5 rings (SSSR count). The topological polar surface area (TPSA) is 131 Å². The van der Waals surface area contributed by atoms with Gasteiger partial charge >= 0.3 is 6.03 Å². The summed E-state index contributed by atoms with van der Waals surface area (Å²) in [6.07, 6.45) is 0. The molecule has 0 radical (unpaired) electrons. The summed E-state index contributed by atoms with van der Waals surface area (Å²) in [6, 6.07) is 25.9. The molecule has 0 spiro atoms. The van der Waals surface area contributed by atoms with Crippen molar-refractivity contribution < 1.29 is 24.0 Å². The second kappa shape index (κ2) is 14.3. The van der Waals surface area contributed by atoms with Gasteiger partial charge < -0.3 is 20.3 Å². The fourth-order valence-electron chi connectivity index (χ4n) is 6.10. The van der Waals surface area contributed by atoms with Gasteiger partial charge in [-0.3, -0.25) is 19.7 Å². The molecule has 1 heterocycles. The highest BCUT2D eigenvalue weighted by Crippen LogP contribution is 2.51. The van der Waals surface area contributed by atoms with Crippen LogP contribution in [0.15, 0.2) is 103 Å². The first kappa shape index (κ1) is 32.2. The maximum Gasteiger partial charge on any atom is 0.318 e. The third-order valence-electron chi connectivity index (χ3n) is 8.16. The second-order valence-electron chi connectivity index (χ2n) is 10.9. The molecule has 46 heavy (non-hydrogen) atoms. The molecule has 11 heteroatoms. The number of methoxy groups -OCH3 is 1. The van der Waals surface area contributed by atoms with E-state index in [-0.39, 0.29) is 24.6 Å². The van der Waals surface area contributed by atoms with E-state index in [9.17, 15) is 24.5 Å². The van der Waals surface area contributed by atoms with Gasteiger partial charge in [0.2, 0.25) is 5.91 Å². The Balaban J connectivity index is 1.69. The van der Waals surface area contributed by atoms with Crippen LogP contribution in [0, 0.1) is 16.0 Å². The molecule has 4 unspecified atom stereocenters. The number of hydrogen-bond donors (Lipinski definition) is 2. The molecule has 236 valence electrons. The van der Waals surface area contributed by atoms with Crippen LogP contribution >= 0.6 is 11.6 Å². The van der Waals surface area contributed by atoms with Gasteiger partial charge in [0.25, 0.3) is 5.69 Å². The highest BCUT2D eigenvalue weighted by molar-refractivity contribution is 6.30. The number of nitrogens with zero attached hydrogens (tertiary/aromatic N) is 2. The lowest BCUT2D eigenvalue weighted by Gasteiger charge is -2.31. The highest BCUT2D eigenvalue weighted by Gasteiger charge is 2.57. The molecule has 2 N–H and O–H groups in total. The maximum atomic E-state index is 14.6. The van der Waals surface area contributed by atoms with Crippen LogP contribution in [0.25, 0.3) is 0 Å². The van der Waals surface area contributed by atoms with Crippen molar-refractivity contribution >= 4 is 35.0 Å². The van der Waals surface area contributed by atoms with Crippen LogP contribution in [0.2, 0.25) is 5.02 Å². The molecule has 1 fully saturated rings. The molecule has 1 aliphatic rings. The van der Waals surface area contributed by atoms with Crippen molar-refractivity contribution in [3.05, 3.63) is 141 Å². The van der Waals surface area contributed by atoms with Gasteiger partial charge in [-0.05, 0) is 47.9 Å². The quantitative estimate of drug-likeness (QED) is 0.119. The number of hydrogen-bond acceptors (Lipinski definition) is 6. The molecule has 4 aromatic carbocycles. The number of likely N-dealkylation sites (tertiary alicyclic amines) is 1. The minimum Gasteiger partial charge on any atom is -0.497 e. The fourth-order valence-corrected chi connectivity index (χ4v) is 6.30. The monoisotopic (exact) mass is 640 g/mol. The van der Waals surface area contributed by atoms with Gasteiger partial charge in [0.15, 0.2) is 5.78 Å². The van der Waals surface area contributed by atoms with Crippen molar-refractivity contribution in [3.8, 4) is 5.75 Å². The molecular weight excluding hydrogens is 608 g/mol. The maximum absolute atomic E-state index is 14.6. The number of nitro benzene ring substituents is 1. The Morgan fingerprint density at radius 1 is 0.891 bits per heavy atom. The van der Waals surface area contributed by atoms with E-state index in [1.807, 2.05) is 12.1 Å². The van der Waals surface area contributed by atoms with Crippen LogP contribution in [0.3, 0.4) is 0 Å². The summed E-state index contributed by atoms with van der Waals surface area (Å²) < 4.78 is 5.24. The minimum absolute atomic E-state index is 0.139. The van der Waals surface area contributed by atoms with E-state index in [1.54, 1.807) is 92.9 Å². The van der Waals surface area contributed by atoms with E-state index in [4.69, 9.17) is 16.3 Å². The van der Waals surface area contributed by atoms with E-state index in [0.29, 0.717) is 27.5 Å². The number of nitro groups is 1. The van der Waals surface area contributed by atoms with E-state index in [2.05, 4.69) is 10.6 Å². The predicted octanol–water partition coefficient (Wildman–Crippen LogP) is 6.31. The second-order valence-corrected chi connectivity index (χ2v) is 11.3. The van der Waals surface area contributed by atoms with Gasteiger partial charge in [-0.15, -0.1) is 0 Å². The standard InChI is InChI=1S/C35H33ClN4O6/c1-3-37-35(43)39-31(25-10-7-11-26(36)20-25)30(33(41)24-8-5-4-6-9-24)29(23-14-16-27(17-15-23)40(44)45)32(39)34(42)38-21-22-12-18-28(46-2)19-13-22/h4-20,29-32H,3,21H2,1-2H3,(H,37,43)(H,38,42). The lowest BCUT2D eigenvalue weighted by molar-refractivity contribution is -0.384. The van der Waals surface area contributed by atoms with Crippen molar-refractivity contribution in [1.82, 2.24) is 15.5 Å². The molecule has 4 atom stereocenters. The molecule has 1 saturated heterocycles. The van der Waals surface area contributed by atoms with E-state index in [0.717, 1.165) is 5.56 Å². The average Bonchev–Trinajstić information content (AvgIpc) is 3.44. The lowest BCUT2D eigenvalue weighted by Crippen LogP contribution is -2.51. The largest absolute Gasteiger partial charge is 0.497 e. The molecule has 4 aromatic rings. The van der Waals surface area contributed by atoms with Crippen LogP contribution < -0.4 is 15.4 Å². The predicted molar refractivity (Wildman–Crippen MR) is 174 cm³/mol. The summed E-state index contributed by atoms with van der Waals surface area (Å²) >= 11 is 6.44. The first-order valence-electron chi connectivity index (χ1n) is 14.8. The number of rotatable bonds is 10. The van der Waals surface area contributed by atoms with Gasteiger partial charge in [0.05, 0.1) is 24.0 Å². The smallest absolute Gasteiger partial charge is 0.318 e. The Bertz CT molecular complexity index is 1720. The third kappa shape index (κ3) is 6.72. The normalized spacial score (nSPS) is 18.9. The molecular formula is C35H33ClN4O6. The summed E-state index contributed by atoms with van der Waals surface area (Å²) in [5, 5.41) is 17.7. The number of urea groups is 1. The molecule has 10 nitrogen and oxygen atoms in total. The van der Waals surface area contributed by atoms with Gasteiger partial charge in [-0.1, -0.05) is 78.3 Å². The van der Waals surface area contributed by atoms with Crippen LogP contribution in [-0.4, -0.2) is 47.2 Å². The summed E-state index contributed by atoms with van der Waals surface area (Å²) in [4.78, 5) is 55.3. The number of carbonyl (C=O) groups is 3. The summed E-state index contributed by atoms with van der Waals surface area (Å²) in [5.41, 5.74) is 2.14. The van der Waals surface area contributed by atoms with Crippen molar-refractivity contribution in [2.75, 3.05) is 13.7 Å². The van der Waals surface area contributed by atoms with Crippen LogP contribution in [0.1, 0.15) is 45.9 Å². The van der Waals surface area contributed by atoms with E-state index < -0.39 is 40.8 Å². The fraction of sp³-hybridized carbons (Fsp3) is 0.229. The number of ketones is 1. The van der Waals surface area contributed by atoms with Crippen molar-refractivity contribution in [1.29, 1.82) is 0 Å². The third-order valence-corrected chi connectivity index (χ3v) is 8.40. The van der Waals surface area contributed by atoms with Crippen molar-refractivity contribution in [2.24, 2.45) is 5.92 Å². The lowest BCUT2D eigenvalue weighted by atomic mass is 9.76. The number of halogens is 1. The Hall–Kier alpha value is -5.22. The van der Waals surface area contributed by atoms with Gasteiger partial charge in [0.1, 0.15) is 11.8 Å². The molecule has 0 saturated carbocycles. The van der Waals surface area contributed by atoms with E-state index >= 15 is 0 Å². The zero-order valence-electron chi connectivity index (χ0n) is 25.3. The van der Waals surface area contributed by atoms with Crippen LogP contribution in [-0.2, 0) is 11.3 Å². The first-order valence-corrected chi connectivity index (χ1v) is 15.2. The Labute approximate surface area is 271 Å². The molecule has 3 amide bonds. The number of ether oxygens (including phenoxy) is 1. The van der Waals surface area contributed by atoms with Crippen LogP contribution in [0.5, 0.6) is 5.75 Å². The average molecular weight is 641 g/mol. The molecule has 0 aliphatic carbocycles. The van der Waals surface area contributed by atoms with Crippen molar-refractivity contribution in [3.63, 3.8) is 0 Å². The zero-order chi connectivity index (χ0) is 32.8. The number of carbonyl (C=O) groups excluding carboxylic acids is 3. The summed E-state index contributed by atoms with van der Waals surface area (Å²) in [7, 11) is 1.56. The zero-order valence-corrected chi connectivity index (χ0v) is 26.0. The number of non-ortho nitro benzene ring substituents is 1. The molecule has 0 bridgehead atoms. The summed E-state index contributed by atoms with van der Waals surface area (Å²) in [6.45, 7) is 2.19. The Morgan fingerprint density at radius 3 is 2.20 bits per heavy atom. The summed E-state index contributed by atoms with van der Waals surface area (Å²) in [5.74, 6) is -1.94. The van der Waals surface area contributed by atoms with E-state index in [1.165, 1.54) is 17.0 Å². The molecule has 1 aliphatic heterocycles. The van der Waals surface area contributed by atoms with Crippen LogP contribution in [0.4, 0.5) is 10.5 Å². The number of amides is 3. The number of benzene rings is 4. The Kier molecular flexibility index (Phi) is 9.97. The van der Waals surface area contributed by atoms with Gasteiger partial charge in [-0.2, -0.15) is 0 Å². The highest BCUT2D eigenvalue weighted by atomic mass is 35.5. The SMILES string of the molecule is CCNC(=O)N1C(C(=O)NCc2ccc(OC)cc2)C(c2ccc([N+](=O)[O-])cc2)C(C(=O)c2ccccc2)C1c1cccc(Cl)c1. The molecule has 0 aromatic heterocycles. The first-order chi connectivity index (χ1) is 22.2. The number of nitrogens with one attached hydrogen (secondary N) is 2. The van der Waals surface area contributed by atoms with Gasteiger partial charge in [0, 0.05) is 41.7 Å². The number of Topliss-reactive ketones (excluding diaryl/α,β-unsaturated/α-hetero) is 1. The Morgan fingerprint density at radius 2 is 1.59 bits per heavy atom. The van der Waals surface area contributed by atoms with Gasteiger partial charge in [-0.25, -0.2) is 4.79 Å². The van der Waals surface area contributed by atoms with Crippen molar-refractivity contribution in [2.45, 2.75) is 31.5 Å². The minimum atomic E-state index is -1.17.